The third-order valence-corrected chi connectivity index (χ3v) is 2.84. The Balaban J connectivity index is 2.44. The molecule has 82 valence electrons. The molecule has 0 aliphatic heterocycles. The molecule has 0 saturated heterocycles. The zero-order chi connectivity index (χ0) is 11.3. The van der Waals surface area contributed by atoms with Crippen LogP contribution in [0.4, 0.5) is 5.69 Å². The molecule has 4 nitrogen and oxygen atoms in total. The van der Waals surface area contributed by atoms with Crippen molar-refractivity contribution in [1.29, 1.82) is 0 Å². The highest BCUT2D eigenvalue weighted by atomic mass is 32.2. The Morgan fingerprint density at radius 2 is 2.40 bits per heavy atom. The predicted molar refractivity (Wildman–Crippen MR) is 60.7 cm³/mol. The van der Waals surface area contributed by atoms with Gasteiger partial charge in [0, 0.05) is 5.75 Å². The van der Waals surface area contributed by atoms with Crippen LogP contribution >= 0.6 is 11.8 Å². The van der Waals surface area contributed by atoms with Crippen LogP contribution in [0.1, 0.15) is 12.0 Å². The summed E-state index contributed by atoms with van der Waals surface area (Å²) in [7, 11) is 1.39. The maximum absolute atomic E-state index is 10.8. The van der Waals surface area contributed by atoms with Gasteiger partial charge in [-0.05, 0) is 18.6 Å². The summed E-state index contributed by atoms with van der Waals surface area (Å²) in [5.41, 5.74) is 7.33. The highest BCUT2D eigenvalue weighted by Crippen LogP contribution is 2.19. The minimum atomic E-state index is -0.199. The number of ether oxygens (including phenoxy) is 1. The first-order valence-corrected chi connectivity index (χ1v) is 5.53. The van der Waals surface area contributed by atoms with E-state index in [1.165, 1.54) is 18.9 Å². The monoisotopic (exact) mass is 226 g/mol. The normalized spacial score (nSPS) is 10.0. The molecule has 5 heteroatoms. The van der Waals surface area contributed by atoms with Crippen molar-refractivity contribution in [3.8, 4) is 0 Å². The molecular weight excluding hydrogens is 212 g/mol. The Kier molecular flexibility index (Phi) is 4.42. The van der Waals surface area contributed by atoms with Crippen molar-refractivity contribution in [3.05, 3.63) is 17.8 Å². The minimum absolute atomic E-state index is 0.199. The number of esters is 1. The Bertz CT molecular complexity index is 355. The molecule has 0 amide bonds. The van der Waals surface area contributed by atoms with Crippen LogP contribution in [0.15, 0.2) is 17.3 Å². The van der Waals surface area contributed by atoms with Crippen LogP contribution in [0.2, 0.25) is 0 Å². The summed E-state index contributed by atoms with van der Waals surface area (Å²) in [5, 5.41) is 0.880. The summed E-state index contributed by atoms with van der Waals surface area (Å²) in [6.45, 7) is 1.93. The fourth-order valence-corrected chi connectivity index (χ4v) is 1.83. The first kappa shape index (κ1) is 11.8. The van der Waals surface area contributed by atoms with Crippen LogP contribution in [0.25, 0.3) is 0 Å². The molecule has 1 rings (SSSR count). The summed E-state index contributed by atoms with van der Waals surface area (Å²) in [5.74, 6) is 0.470. The van der Waals surface area contributed by atoms with E-state index in [1.54, 1.807) is 6.20 Å². The Hall–Kier alpha value is -1.23. The van der Waals surface area contributed by atoms with Gasteiger partial charge in [-0.2, -0.15) is 0 Å². The quantitative estimate of drug-likeness (QED) is 0.624. The van der Waals surface area contributed by atoms with Gasteiger partial charge >= 0.3 is 5.97 Å². The number of pyridine rings is 1. The van der Waals surface area contributed by atoms with Crippen molar-refractivity contribution in [2.75, 3.05) is 18.6 Å². The van der Waals surface area contributed by atoms with Crippen molar-refractivity contribution in [2.24, 2.45) is 0 Å². The van der Waals surface area contributed by atoms with E-state index in [2.05, 4.69) is 9.72 Å². The number of rotatable bonds is 4. The molecule has 0 aliphatic carbocycles. The van der Waals surface area contributed by atoms with Gasteiger partial charge in [0.1, 0.15) is 0 Å². The largest absolute Gasteiger partial charge is 0.469 e. The van der Waals surface area contributed by atoms with Crippen LogP contribution < -0.4 is 5.73 Å². The van der Waals surface area contributed by atoms with Gasteiger partial charge in [-0.15, -0.1) is 11.8 Å². The Morgan fingerprint density at radius 3 is 3.00 bits per heavy atom. The third-order valence-electron chi connectivity index (χ3n) is 1.91. The number of nitrogens with zero attached hydrogens (tertiary/aromatic N) is 1. The molecule has 0 aromatic carbocycles. The average Bonchev–Trinajstić information content (AvgIpc) is 2.23. The lowest BCUT2D eigenvalue weighted by molar-refractivity contribution is -0.140. The molecule has 0 fully saturated rings. The van der Waals surface area contributed by atoms with Crippen LogP contribution in [0, 0.1) is 6.92 Å². The highest BCUT2D eigenvalue weighted by Gasteiger charge is 2.02. The summed E-state index contributed by atoms with van der Waals surface area (Å²) >= 11 is 1.52. The van der Waals surface area contributed by atoms with E-state index in [4.69, 9.17) is 5.73 Å². The molecule has 0 aliphatic rings. The second-order valence-electron chi connectivity index (χ2n) is 3.05. The van der Waals surface area contributed by atoms with Crippen molar-refractivity contribution < 1.29 is 9.53 Å². The average molecular weight is 226 g/mol. The van der Waals surface area contributed by atoms with Gasteiger partial charge in [-0.25, -0.2) is 4.98 Å². The van der Waals surface area contributed by atoms with Crippen LogP contribution in [0.3, 0.4) is 0 Å². The molecule has 1 heterocycles. The summed E-state index contributed by atoms with van der Waals surface area (Å²) in [4.78, 5) is 15.0. The van der Waals surface area contributed by atoms with E-state index in [0.717, 1.165) is 10.6 Å². The molecule has 1 aromatic heterocycles. The Labute approximate surface area is 93.2 Å². The maximum Gasteiger partial charge on any atom is 0.306 e. The minimum Gasteiger partial charge on any atom is -0.469 e. The number of aromatic nitrogens is 1. The van der Waals surface area contributed by atoms with Crippen LogP contribution in [0.5, 0.6) is 0 Å². The SMILES string of the molecule is COC(=O)CCSc1cc(C)c(N)cn1. The van der Waals surface area contributed by atoms with Crippen molar-refractivity contribution >= 4 is 23.4 Å². The van der Waals surface area contributed by atoms with E-state index in [1.807, 2.05) is 13.0 Å². The number of hydrogen-bond donors (Lipinski definition) is 1. The number of nitrogen functional groups attached to an aromatic ring is 1. The van der Waals surface area contributed by atoms with E-state index < -0.39 is 0 Å². The molecule has 0 atom stereocenters. The number of carbonyl (C=O) groups is 1. The van der Waals surface area contributed by atoms with Gasteiger partial charge < -0.3 is 10.5 Å². The lowest BCUT2D eigenvalue weighted by Crippen LogP contribution is -2.01. The maximum atomic E-state index is 10.8. The number of thioether (sulfide) groups is 1. The number of aryl methyl sites for hydroxylation is 1. The Morgan fingerprint density at radius 1 is 1.67 bits per heavy atom. The number of hydrogen-bond acceptors (Lipinski definition) is 5. The number of nitrogens with two attached hydrogens (primary N) is 1. The summed E-state index contributed by atoms with van der Waals surface area (Å²) in [6, 6.07) is 1.91. The second kappa shape index (κ2) is 5.60. The number of carbonyl (C=O) groups excluding carboxylic acids is 1. The topological polar surface area (TPSA) is 65.2 Å². The van der Waals surface area contributed by atoms with Crippen molar-refractivity contribution in [1.82, 2.24) is 4.98 Å². The van der Waals surface area contributed by atoms with Gasteiger partial charge in [-0.1, -0.05) is 0 Å². The first-order valence-electron chi connectivity index (χ1n) is 4.55. The summed E-state index contributed by atoms with van der Waals surface area (Å²) < 4.78 is 4.54. The fraction of sp³-hybridized carbons (Fsp3) is 0.400. The van der Waals surface area contributed by atoms with Gasteiger partial charge in [0.15, 0.2) is 0 Å². The van der Waals surface area contributed by atoms with Gasteiger partial charge in [0.2, 0.25) is 0 Å². The number of methoxy groups -OCH3 is 1. The zero-order valence-corrected chi connectivity index (χ0v) is 9.63. The van der Waals surface area contributed by atoms with Crippen LogP contribution in [-0.2, 0) is 9.53 Å². The first-order chi connectivity index (χ1) is 7.13. The molecule has 0 unspecified atom stereocenters. The smallest absolute Gasteiger partial charge is 0.306 e. The molecule has 0 spiro atoms. The second-order valence-corrected chi connectivity index (χ2v) is 4.17. The fourth-order valence-electron chi connectivity index (χ4n) is 0.961. The molecule has 2 N–H and O–H groups in total. The van der Waals surface area contributed by atoms with Crippen LogP contribution in [-0.4, -0.2) is 23.8 Å². The molecule has 0 radical (unpaired) electrons. The standard InChI is InChI=1S/C10H14N2O2S/c1-7-5-9(12-6-8(7)11)15-4-3-10(13)14-2/h5-6H,3-4,11H2,1-2H3. The van der Waals surface area contributed by atoms with Crippen molar-refractivity contribution in [3.63, 3.8) is 0 Å². The van der Waals surface area contributed by atoms with E-state index in [-0.39, 0.29) is 5.97 Å². The lowest BCUT2D eigenvalue weighted by Gasteiger charge is -2.03. The zero-order valence-electron chi connectivity index (χ0n) is 8.82. The lowest BCUT2D eigenvalue weighted by atomic mass is 10.3. The highest BCUT2D eigenvalue weighted by molar-refractivity contribution is 7.99. The number of anilines is 1. The van der Waals surface area contributed by atoms with Gasteiger partial charge in [-0.3, -0.25) is 4.79 Å². The van der Waals surface area contributed by atoms with Crippen molar-refractivity contribution in [2.45, 2.75) is 18.4 Å². The molecule has 1 aromatic rings. The van der Waals surface area contributed by atoms with E-state index >= 15 is 0 Å². The summed E-state index contributed by atoms with van der Waals surface area (Å²) in [6.07, 6.45) is 2.03. The predicted octanol–water partition coefficient (Wildman–Crippen LogP) is 1.63. The van der Waals surface area contributed by atoms with E-state index in [0.29, 0.717) is 17.9 Å². The van der Waals surface area contributed by atoms with E-state index in [9.17, 15) is 4.79 Å². The van der Waals surface area contributed by atoms with Gasteiger partial charge in [0.25, 0.3) is 0 Å². The molecule has 15 heavy (non-hydrogen) atoms. The molecule has 0 bridgehead atoms. The third kappa shape index (κ3) is 3.79. The van der Waals surface area contributed by atoms with Gasteiger partial charge in [0.05, 0.1) is 30.4 Å². The molecule has 0 saturated carbocycles. The molecular formula is C10H14N2O2S.